The van der Waals surface area contributed by atoms with E-state index in [0.717, 1.165) is 44.0 Å². The minimum absolute atomic E-state index is 0.619. The number of para-hydroxylation sites is 1. The lowest BCUT2D eigenvalue weighted by atomic mass is 10.1. The first-order valence-corrected chi connectivity index (χ1v) is 9.77. The van der Waals surface area contributed by atoms with Crippen LogP contribution >= 0.6 is 0 Å². The van der Waals surface area contributed by atoms with Gasteiger partial charge in [0.25, 0.3) is 0 Å². The number of ether oxygens (including phenoxy) is 4. The highest BCUT2D eigenvalue weighted by atomic mass is 16.5. The molecule has 29 heavy (non-hydrogen) atoms. The van der Waals surface area contributed by atoms with Crippen LogP contribution in [0.4, 0.5) is 0 Å². The van der Waals surface area contributed by atoms with Crippen molar-refractivity contribution >= 4 is 0 Å². The van der Waals surface area contributed by atoms with Gasteiger partial charge in [-0.2, -0.15) is 0 Å². The lowest BCUT2D eigenvalue weighted by Crippen LogP contribution is -2.32. The maximum Gasteiger partial charge on any atom is 0.203 e. The molecule has 3 N–H and O–H groups in total. The Morgan fingerprint density at radius 3 is 1.76 bits per heavy atom. The summed E-state index contributed by atoms with van der Waals surface area (Å²) in [6, 6.07) is 11.9. The molecule has 7 nitrogen and oxygen atoms in total. The zero-order valence-corrected chi connectivity index (χ0v) is 17.8. The third-order valence-corrected chi connectivity index (χ3v) is 4.57. The molecular formula is C22H33N3O4. The summed E-state index contributed by atoms with van der Waals surface area (Å²) in [6.45, 7) is 5.01. The topological polar surface area (TPSA) is 73.0 Å². The summed E-state index contributed by atoms with van der Waals surface area (Å²) in [4.78, 5) is 0. The van der Waals surface area contributed by atoms with Gasteiger partial charge in [0.15, 0.2) is 11.5 Å². The average Bonchev–Trinajstić information content (AvgIpc) is 2.77. The molecular weight excluding hydrogens is 370 g/mol. The average molecular weight is 404 g/mol. The van der Waals surface area contributed by atoms with Gasteiger partial charge in [0.05, 0.1) is 28.4 Å². The van der Waals surface area contributed by atoms with E-state index >= 15 is 0 Å². The Balaban J connectivity index is 1.63. The molecule has 0 saturated heterocycles. The number of methoxy groups -OCH3 is 4. The van der Waals surface area contributed by atoms with Crippen LogP contribution in [0.2, 0.25) is 0 Å². The molecule has 0 aromatic heterocycles. The van der Waals surface area contributed by atoms with Crippen LogP contribution < -0.4 is 34.9 Å². The molecule has 0 fully saturated rings. The van der Waals surface area contributed by atoms with Crippen molar-refractivity contribution in [1.82, 2.24) is 16.0 Å². The van der Waals surface area contributed by atoms with Gasteiger partial charge in [-0.05, 0) is 12.1 Å². The van der Waals surface area contributed by atoms with Crippen LogP contribution in [0.3, 0.4) is 0 Å². The third kappa shape index (κ3) is 6.81. The molecule has 0 radical (unpaired) electrons. The van der Waals surface area contributed by atoms with E-state index in [1.54, 1.807) is 28.4 Å². The molecule has 0 aliphatic rings. The van der Waals surface area contributed by atoms with Crippen molar-refractivity contribution in [2.75, 3.05) is 54.6 Å². The number of nitrogens with one attached hydrogen (secondary N) is 3. The number of hydrogen-bond acceptors (Lipinski definition) is 7. The summed E-state index contributed by atoms with van der Waals surface area (Å²) in [5.74, 6) is 2.90. The van der Waals surface area contributed by atoms with Gasteiger partial charge in [-0.25, -0.2) is 0 Å². The summed E-state index contributed by atoms with van der Waals surface area (Å²) >= 11 is 0. The zero-order valence-electron chi connectivity index (χ0n) is 17.8. The Morgan fingerprint density at radius 2 is 1.14 bits per heavy atom. The van der Waals surface area contributed by atoms with Crippen LogP contribution in [0.5, 0.6) is 23.0 Å². The quantitative estimate of drug-likeness (QED) is 0.418. The predicted molar refractivity (Wildman–Crippen MR) is 115 cm³/mol. The minimum atomic E-state index is 0.619. The fourth-order valence-corrected chi connectivity index (χ4v) is 3.08. The monoisotopic (exact) mass is 403 g/mol. The van der Waals surface area contributed by atoms with Crippen LogP contribution in [0.1, 0.15) is 11.1 Å². The molecule has 0 atom stereocenters. The molecule has 160 valence electrons. The predicted octanol–water partition coefficient (Wildman–Crippen LogP) is 2.19. The summed E-state index contributed by atoms with van der Waals surface area (Å²) in [7, 11) is 6.57. The van der Waals surface area contributed by atoms with Gasteiger partial charge >= 0.3 is 0 Å². The Morgan fingerprint density at radius 1 is 0.552 bits per heavy atom. The van der Waals surface area contributed by atoms with E-state index in [4.69, 9.17) is 18.9 Å². The van der Waals surface area contributed by atoms with Crippen molar-refractivity contribution in [3.05, 3.63) is 47.5 Å². The van der Waals surface area contributed by atoms with Crippen molar-refractivity contribution < 1.29 is 18.9 Å². The third-order valence-electron chi connectivity index (χ3n) is 4.57. The Hall–Kier alpha value is -2.48. The lowest BCUT2D eigenvalue weighted by Gasteiger charge is -2.16. The highest BCUT2D eigenvalue weighted by Gasteiger charge is 2.15. The molecule has 2 aromatic carbocycles. The summed E-state index contributed by atoms with van der Waals surface area (Å²) in [6.07, 6.45) is 0. The van der Waals surface area contributed by atoms with Crippen LogP contribution in [-0.2, 0) is 13.1 Å². The van der Waals surface area contributed by atoms with E-state index in [-0.39, 0.29) is 0 Å². The van der Waals surface area contributed by atoms with Gasteiger partial charge in [-0.1, -0.05) is 24.3 Å². The SMILES string of the molecule is COc1ccccc1CNCCNCCNCc1ccc(OC)c(OC)c1OC. The lowest BCUT2D eigenvalue weighted by molar-refractivity contribution is 0.321. The van der Waals surface area contributed by atoms with Crippen LogP contribution in [-0.4, -0.2) is 54.6 Å². The second-order valence-corrected chi connectivity index (χ2v) is 6.41. The molecule has 0 unspecified atom stereocenters. The largest absolute Gasteiger partial charge is 0.496 e. The van der Waals surface area contributed by atoms with Gasteiger partial charge in [-0.15, -0.1) is 0 Å². The maximum absolute atomic E-state index is 5.51. The van der Waals surface area contributed by atoms with Gasteiger partial charge < -0.3 is 34.9 Å². The van der Waals surface area contributed by atoms with E-state index in [9.17, 15) is 0 Å². The van der Waals surface area contributed by atoms with Gasteiger partial charge in [0.2, 0.25) is 5.75 Å². The van der Waals surface area contributed by atoms with E-state index < -0.39 is 0 Å². The van der Waals surface area contributed by atoms with E-state index in [1.165, 1.54) is 5.56 Å². The summed E-state index contributed by atoms with van der Waals surface area (Å²) in [5, 5.41) is 10.3. The molecule has 2 rings (SSSR count). The highest BCUT2D eigenvalue weighted by molar-refractivity contribution is 5.55. The summed E-state index contributed by atoms with van der Waals surface area (Å²) < 4.78 is 21.6. The first-order valence-electron chi connectivity index (χ1n) is 9.77. The smallest absolute Gasteiger partial charge is 0.203 e. The molecule has 0 aliphatic carbocycles. The first-order chi connectivity index (χ1) is 14.2. The number of rotatable bonds is 14. The maximum atomic E-state index is 5.51. The Labute approximate surface area is 173 Å². The van der Waals surface area contributed by atoms with E-state index in [2.05, 4.69) is 22.0 Å². The molecule has 0 heterocycles. The van der Waals surface area contributed by atoms with E-state index in [1.807, 2.05) is 30.3 Å². The van der Waals surface area contributed by atoms with Crippen LogP contribution in [0, 0.1) is 0 Å². The van der Waals surface area contributed by atoms with Crippen molar-refractivity contribution in [1.29, 1.82) is 0 Å². The fraction of sp³-hybridized carbons (Fsp3) is 0.455. The number of benzene rings is 2. The second kappa shape index (κ2) is 12.9. The van der Waals surface area contributed by atoms with Crippen LogP contribution in [0.25, 0.3) is 0 Å². The van der Waals surface area contributed by atoms with Crippen molar-refractivity contribution in [2.24, 2.45) is 0 Å². The molecule has 7 heteroatoms. The van der Waals surface area contributed by atoms with Gasteiger partial charge in [0.1, 0.15) is 5.75 Å². The molecule has 2 aromatic rings. The zero-order chi connectivity index (χ0) is 20.9. The second-order valence-electron chi connectivity index (χ2n) is 6.41. The Kier molecular flexibility index (Phi) is 10.1. The van der Waals surface area contributed by atoms with E-state index in [0.29, 0.717) is 23.8 Å². The molecule has 0 spiro atoms. The molecule has 0 bridgehead atoms. The highest BCUT2D eigenvalue weighted by Crippen LogP contribution is 2.39. The van der Waals surface area contributed by atoms with Crippen molar-refractivity contribution in [3.8, 4) is 23.0 Å². The molecule has 0 amide bonds. The minimum Gasteiger partial charge on any atom is -0.496 e. The molecule has 0 aliphatic heterocycles. The molecule has 0 saturated carbocycles. The normalized spacial score (nSPS) is 10.6. The van der Waals surface area contributed by atoms with Gasteiger partial charge in [0, 0.05) is 50.4 Å². The van der Waals surface area contributed by atoms with Crippen LogP contribution in [0.15, 0.2) is 36.4 Å². The first kappa shape index (κ1) is 22.8. The van der Waals surface area contributed by atoms with Crippen molar-refractivity contribution in [2.45, 2.75) is 13.1 Å². The Bertz CT molecular complexity index is 740. The fourth-order valence-electron chi connectivity index (χ4n) is 3.08. The summed E-state index contributed by atoms with van der Waals surface area (Å²) in [5.41, 5.74) is 2.20. The number of hydrogen-bond donors (Lipinski definition) is 3. The van der Waals surface area contributed by atoms with Crippen molar-refractivity contribution in [3.63, 3.8) is 0 Å². The van der Waals surface area contributed by atoms with Gasteiger partial charge in [-0.3, -0.25) is 0 Å². The standard InChI is InChI=1S/C22H33N3O4/c1-26-19-8-6-5-7-17(19)15-24-13-11-23-12-14-25-16-18-9-10-20(27-2)22(29-4)21(18)28-3/h5-10,23-25H,11-16H2,1-4H3.